The first-order valence-corrected chi connectivity index (χ1v) is 8.04. The molecule has 0 saturated heterocycles. The molecule has 6 heteroatoms. The third-order valence-electron chi connectivity index (χ3n) is 3.84. The molecule has 3 rings (SSSR count). The van der Waals surface area contributed by atoms with Gasteiger partial charge in [0.25, 0.3) is 5.91 Å². The van der Waals surface area contributed by atoms with E-state index in [0.29, 0.717) is 5.69 Å². The second-order valence-corrected chi connectivity index (χ2v) is 6.08. The van der Waals surface area contributed by atoms with Gasteiger partial charge < -0.3 is 15.1 Å². The number of carbonyl (C=O) groups excluding carboxylic acids is 2. The van der Waals surface area contributed by atoms with Crippen LogP contribution in [0.25, 0.3) is 10.9 Å². The van der Waals surface area contributed by atoms with Gasteiger partial charge in [0, 0.05) is 5.39 Å². The molecule has 1 atom stereocenters. The molecule has 128 valence electrons. The molecule has 0 radical (unpaired) electrons. The van der Waals surface area contributed by atoms with Crippen molar-refractivity contribution in [2.24, 2.45) is 5.92 Å². The van der Waals surface area contributed by atoms with Gasteiger partial charge in [0.1, 0.15) is 6.04 Å². The van der Waals surface area contributed by atoms with E-state index in [9.17, 15) is 9.59 Å². The van der Waals surface area contributed by atoms with Gasteiger partial charge in [0.2, 0.25) is 5.91 Å². The van der Waals surface area contributed by atoms with E-state index in [4.69, 9.17) is 4.42 Å². The Morgan fingerprint density at radius 3 is 2.64 bits per heavy atom. The Hall–Kier alpha value is -3.15. The van der Waals surface area contributed by atoms with Gasteiger partial charge in [-0.3, -0.25) is 14.6 Å². The summed E-state index contributed by atoms with van der Waals surface area (Å²) in [6, 6.07) is 12.0. The number of para-hydroxylation sites is 1. The summed E-state index contributed by atoms with van der Waals surface area (Å²) in [6.07, 6.45) is 3.02. The molecule has 1 unspecified atom stereocenters. The Balaban J connectivity index is 1.74. The van der Waals surface area contributed by atoms with Crippen molar-refractivity contribution >= 4 is 28.4 Å². The van der Waals surface area contributed by atoms with Crippen LogP contribution in [0, 0.1) is 5.92 Å². The number of carbonyl (C=O) groups is 2. The van der Waals surface area contributed by atoms with E-state index in [2.05, 4.69) is 15.6 Å². The predicted octanol–water partition coefficient (Wildman–Crippen LogP) is 3.22. The highest BCUT2D eigenvalue weighted by molar-refractivity contribution is 6.00. The molecule has 0 spiro atoms. The van der Waals surface area contributed by atoms with Crippen molar-refractivity contribution in [2.45, 2.75) is 19.9 Å². The Morgan fingerprint density at radius 1 is 1.12 bits per heavy atom. The van der Waals surface area contributed by atoms with E-state index in [1.54, 1.807) is 18.3 Å². The van der Waals surface area contributed by atoms with Crippen LogP contribution in [-0.2, 0) is 4.79 Å². The lowest BCUT2D eigenvalue weighted by Crippen LogP contribution is -2.47. The van der Waals surface area contributed by atoms with Crippen molar-refractivity contribution in [3.05, 3.63) is 60.7 Å². The summed E-state index contributed by atoms with van der Waals surface area (Å²) in [5, 5.41) is 6.46. The zero-order valence-electron chi connectivity index (χ0n) is 14.0. The lowest BCUT2D eigenvalue weighted by atomic mass is 10.0. The summed E-state index contributed by atoms with van der Waals surface area (Å²) in [4.78, 5) is 29.1. The number of fused-ring (bicyclic) bond motifs is 1. The van der Waals surface area contributed by atoms with Crippen LogP contribution in [-0.4, -0.2) is 22.8 Å². The molecular weight excluding hydrogens is 318 g/mol. The molecule has 2 N–H and O–H groups in total. The van der Waals surface area contributed by atoms with E-state index in [1.807, 2.05) is 44.2 Å². The number of hydrogen-bond donors (Lipinski definition) is 2. The number of hydrogen-bond acceptors (Lipinski definition) is 4. The zero-order chi connectivity index (χ0) is 17.8. The van der Waals surface area contributed by atoms with Crippen LogP contribution in [0.1, 0.15) is 24.4 Å². The van der Waals surface area contributed by atoms with Crippen LogP contribution in [0.3, 0.4) is 0 Å². The van der Waals surface area contributed by atoms with Gasteiger partial charge in [-0.15, -0.1) is 0 Å². The van der Waals surface area contributed by atoms with Gasteiger partial charge in [-0.25, -0.2) is 0 Å². The van der Waals surface area contributed by atoms with E-state index in [0.717, 1.165) is 10.9 Å². The Morgan fingerprint density at radius 2 is 1.92 bits per heavy atom. The van der Waals surface area contributed by atoms with Crippen molar-refractivity contribution in [3.8, 4) is 0 Å². The normalized spacial score (nSPS) is 12.1. The largest absolute Gasteiger partial charge is 0.459 e. The number of amides is 2. The van der Waals surface area contributed by atoms with Crippen LogP contribution in [0.15, 0.2) is 59.3 Å². The average Bonchev–Trinajstić information content (AvgIpc) is 3.13. The van der Waals surface area contributed by atoms with Crippen molar-refractivity contribution in [2.75, 3.05) is 5.32 Å². The van der Waals surface area contributed by atoms with Crippen molar-refractivity contribution in [1.29, 1.82) is 0 Å². The average molecular weight is 337 g/mol. The van der Waals surface area contributed by atoms with Gasteiger partial charge in [-0.05, 0) is 30.2 Å². The zero-order valence-corrected chi connectivity index (χ0v) is 14.0. The maximum Gasteiger partial charge on any atom is 0.287 e. The first kappa shape index (κ1) is 16.7. The lowest BCUT2D eigenvalue weighted by Gasteiger charge is -2.21. The van der Waals surface area contributed by atoms with Crippen LogP contribution >= 0.6 is 0 Å². The highest BCUT2D eigenvalue weighted by Crippen LogP contribution is 2.17. The highest BCUT2D eigenvalue weighted by Gasteiger charge is 2.25. The van der Waals surface area contributed by atoms with Crippen LogP contribution in [0.4, 0.5) is 5.69 Å². The third kappa shape index (κ3) is 3.85. The molecule has 6 nitrogen and oxygen atoms in total. The summed E-state index contributed by atoms with van der Waals surface area (Å²) in [5.74, 6) is -0.638. The standard InChI is InChI=1S/C19H19N3O3/c1-12(2)17(22-18(23)16-8-5-9-25-16)19(24)21-14-10-13-6-3-4-7-15(13)20-11-14/h3-12,17H,1-2H3,(H,21,24)(H,22,23). The summed E-state index contributed by atoms with van der Waals surface area (Å²) in [6.45, 7) is 3.73. The summed E-state index contributed by atoms with van der Waals surface area (Å²) in [7, 11) is 0. The number of aromatic nitrogens is 1. The van der Waals surface area contributed by atoms with E-state index < -0.39 is 11.9 Å². The molecule has 0 aliphatic heterocycles. The molecule has 2 heterocycles. The maximum absolute atomic E-state index is 12.6. The minimum Gasteiger partial charge on any atom is -0.459 e. The van der Waals surface area contributed by atoms with Crippen molar-refractivity contribution in [1.82, 2.24) is 10.3 Å². The smallest absolute Gasteiger partial charge is 0.287 e. The Labute approximate surface area is 145 Å². The SMILES string of the molecule is CC(C)C(NC(=O)c1ccco1)C(=O)Nc1cnc2ccccc2c1. The number of nitrogens with zero attached hydrogens (tertiary/aromatic N) is 1. The number of benzene rings is 1. The number of nitrogens with one attached hydrogen (secondary N) is 2. The Kier molecular flexibility index (Phi) is 4.79. The third-order valence-corrected chi connectivity index (χ3v) is 3.84. The van der Waals surface area contributed by atoms with Gasteiger partial charge in [-0.2, -0.15) is 0 Å². The van der Waals surface area contributed by atoms with Crippen LogP contribution in [0.5, 0.6) is 0 Å². The number of rotatable bonds is 5. The van der Waals surface area contributed by atoms with E-state index >= 15 is 0 Å². The fourth-order valence-electron chi connectivity index (χ4n) is 2.51. The molecular formula is C19H19N3O3. The lowest BCUT2D eigenvalue weighted by molar-refractivity contribution is -0.118. The highest BCUT2D eigenvalue weighted by atomic mass is 16.3. The van der Waals surface area contributed by atoms with Gasteiger partial charge in [0.15, 0.2) is 5.76 Å². The van der Waals surface area contributed by atoms with Crippen LogP contribution in [0.2, 0.25) is 0 Å². The topological polar surface area (TPSA) is 84.2 Å². The fraction of sp³-hybridized carbons (Fsp3) is 0.211. The molecule has 0 bridgehead atoms. The fourth-order valence-corrected chi connectivity index (χ4v) is 2.51. The molecule has 1 aromatic carbocycles. The summed E-state index contributed by atoms with van der Waals surface area (Å²) in [5.41, 5.74) is 1.44. The molecule has 3 aromatic rings. The van der Waals surface area contributed by atoms with E-state index in [1.165, 1.54) is 6.26 Å². The number of anilines is 1. The first-order valence-electron chi connectivity index (χ1n) is 8.04. The maximum atomic E-state index is 12.6. The summed E-state index contributed by atoms with van der Waals surface area (Å²) >= 11 is 0. The Bertz CT molecular complexity index is 888. The molecule has 0 saturated carbocycles. The van der Waals surface area contributed by atoms with Crippen molar-refractivity contribution in [3.63, 3.8) is 0 Å². The second-order valence-electron chi connectivity index (χ2n) is 6.08. The van der Waals surface area contributed by atoms with Crippen LogP contribution < -0.4 is 10.6 Å². The summed E-state index contributed by atoms with van der Waals surface area (Å²) < 4.78 is 5.07. The van der Waals surface area contributed by atoms with Gasteiger partial charge in [0.05, 0.1) is 23.7 Å². The molecule has 0 fully saturated rings. The quantitative estimate of drug-likeness (QED) is 0.749. The number of pyridine rings is 1. The molecule has 0 aliphatic rings. The van der Waals surface area contributed by atoms with Crippen molar-refractivity contribution < 1.29 is 14.0 Å². The van der Waals surface area contributed by atoms with Gasteiger partial charge >= 0.3 is 0 Å². The number of furan rings is 1. The first-order chi connectivity index (χ1) is 12.0. The van der Waals surface area contributed by atoms with E-state index in [-0.39, 0.29) is 17.6 Å². The van der Waals surface area contributed by atoms with Gasteiger partial charge in [-0.1, -0.05) is 32.0 Å². The monoisotopic (exact) mass is 337 g/mol. The second kappa shape index (κ2) is 7.17. The minimum atomic E-state index is -0.691. The molecule has 2 aromatic heterocycles. The molecule has 0 aliphatic carbocycles. The molecule has 2 amide bonds. The molecule has 25 heavy (non-hydrogen) atoms. The predicted molar refractivity (Wildman–Crippen MR) is 95.2 cm³/mol. The minimum absolute atomic E-state index is 0.0904.